The van der Waals surface area contributed by atoms with Crippen LogP contribution in [0.3, 0.4) is 0 Å². The molecule has 6 heteroatoms. The summed E-state index contributed by atoms with van der Waals surface area (Å²) in [6.07, 6.45) is 0. The quantitative estimate of drug-likeness (QED) is 0.674. The van der Waals surface area contributed by atoms with Gasteiger partial charge >= 0.3 is 0 Å². The molecule has 3 aromatic rings. The van der Waals surface area contributed by atoms with Gasteiger partial charge < -0.3 is 15.4 Å². The van der Waals surface area contributed by atoms with Gasteiger partial charge in [-0.1, -0.05) is 24.3 Å². The molecule has 2 aromatic carbocycles. The third-order valence-electron chi connectivity index (χ3n) is 4.41. The Hall–Kier alpha value is -3.41. The van der Waals surface area contributed by atoms with E-state index < -0.39 is 0 Å². The highest BCUT2D eigenvalue weighted by atomic mass is 16.5. The number of para-hydroxylation sites is 1. The molecule has 0 unspecified atom stereocenters. The monoisotopic (exact) mass is 376 g/mol. The van der Waals surface area contributed by atoms with Crippen molar-refractivity contribution < 1.29 is 9.53 Å². The normalized spacial score (nSPS) is 10.5. The summed E-state index contributed by atoms with van der Waals surface area (Å²) in [5, 5.41) is 6.12. The number of anilines is 3. The van der Waals surface area contributed by atoms with Gasteiger partial charge in [-0.3, -0.25) is 4.79 Å². The Bertz CT molecular complexity index is 1010. The van der Waals surface area contributed by atoms with E-state index in [1.165, 1.54) is 0 Å². The van der Waals surface area contributed by atoms with E-state index in [0.717, 1.165) is 22.4 Å². The Balaban J connectivity index is 1.89. The number of hydrogen-bond acceptors (Lipinski definition) is 5. The summed E-state index contributed by atoms with van der Waals surface area (Å²) >= 11 is 0. The average molecular weight is 376 g/mol. The number of carbonyl (C=O) groups is 1. The van der Waals surface area contributed by atoms with Crippen LogP contribution in [0.5, 0.6) is 5.75 Å². The number of benzene rings is 2. The van der Waals surface area contributed by atoms with Crippen LogP contribution in [0.4, 0.5) is 17.3 Å². The molecule has 0 atom stereocenters. The SMILES string of the molecule is COc1ccc(C)cc1NC(=O)c1cc(C)nc(Nc2c(C)cccc2C)n1. The van der Waals surface area contributed by atoms with E-state index in [4.69, 9.17) is 4.74 Å². The molecule has 144 valence electrons. The standard InChI is InChI=1S/C22H24N4O2/c1-13-9-10-19(28-5)17(11-13)24-21(27)18-12-16(4)23-22(25-18)26-20-14(2)7-6-8-15(20)3/h6-12H,1-5H3,(H,24,27)(H,23,25,26). The van der Waals surface area contributed by atoms with Crippen LogP contribution in [-0.2, 0) is 0 Å². The number of methoxy groups -OCH3 is 1. The number of carbonyl (C=O) groups excluding carboxylic acids is 1. The van der Waals surface area contributed by atoms with Crippen molar-refractivity contribution in [1.82, 2.24) is 9.97 Å². The van der Waals surface area contributed by atoms with Crippen molar-refractivity contribution >= 4 is 23.2 Å². The van der Waals surface area contributed by atoms with Crippen molar-refractivity contribution in [3.05, 3.63) is 70.5 Å². The summed E-state index contributed by atoms with van der Waals surface area (Å²) in [4.78, 5) is 21.6. The van der Waals surface area contributed by atoms with Crippen LogP contribution < -0.4 is 15.4 Å². The summed E-state index contributed by atoms with van der Waals surface area (Å²) in [6, 6.07) is 13.3. The van der Waals surface area contributed by atoms with E-state index in [2.05, 4.69) is 20.6 Å². The van der Waals surface area contributed by atoms with E-state index in [1.807, 2.05) is 64.1 Å². The lowest BCUT2D eigenvalue weighted by Crippen LogP contribution is -2.16. The Morgan fingerprint density at radius 1 is 0.964 bits per heavy atom. The lowest BCUT2D eigenvalue weighted by Gasteiger charge is -2.13. The number of ether oxygens (including phenoxy) is 1. The first-order chi connectivity index (χ1) is 13.4. The van der Waals surface area contributed by atoms with Crippen LogP contribution in [0, 0.1) is 27.7 Å². The molecule has 0 aliphatic carbocycles. The molecule has 0 saturated carbocycles. The predicted octanol–water partition coefficient (Wildman–Crippen LogP) is 4.71. The van der Waals surface area contributed by atoms with Gasteiger partial charge in [0.25, 0.3) is 5.91 Å². The van der Waals surface area contributed by atoms with Crippen molar-refractivity contribution in [3.63, 3.8) is 0 Å². The summed E-state index contributed by atoms with van der Waals surface area (Å²) in [5.41, 5.74) is 5.72. The third-order valence-corrected chi connectivity index (χ3v) is 4.41. The summed E-state index contributed by atoms with van der Waals surface area (Å²) in [7, 11) is 1.57. The Labute approximate surface area is 165 Å². The molecular formula is C22H24N4O2. The highest BCUT2D eigenvalue weighted by molar-refractivity contribution is 6.04. The Morgan fingerprint density at radius 3 is 2.36 bits per heavy atom. The summed E-state index contributed by atoms with van der Waals surface area (Å²) < 4.78 is 5.33. The maximum Gasteiger partial charge on any atom is 0.274 e. The average Bonchev–Trinajstić information content (AvgIpc) is 2.64. The van der Waals surface area contributed by atoms with Crippen molar-refractivity contribution in [1.29, 1.82) is 0 Å². The van der Waals surface area contributed by atoms with Gasteiger partial charge in [0.2, 0.25) is 5.95 Å². The largest absolute Gasteiger partial charge is 0.495 e. The van der Waals surface area contributed by atoms with E-state index >= 15 is 0 Å². The maximum atomic E-state index is 12.8. The van der Waals surface area contributed by atoms with Crippen LogP contribution in [0.2, 0.25) is 0 Å². The van der Waals surface area contributed by atoms with Crippen LogP contribution in [0.1, 0.15) is 32.9 Å². The molecule has 1 amide bonds. The minimum absolute atomic E-state index is 0.282. The smallest absolute Gasteiger partial charge is 0.274 e. The third kappa shape index (κ3) is 4.28. The molecule has 0 aliphatic heterocycles. The van der Waals surface area contributed by atoms with Gasteiger partial charge in [0, 0.05) is 11.4 Å². The molecule has 0 aliphatic rings. The van der Waals surface area contributed by atoms with Crippen LogP contribution in [-0.4, -0.2) is 23.0 Å². The number of nitrogens with one attached hydrogen (secondary N) is 2. The Morgan fingerprint density at radius 2 is 1.68 bits per heavy atom. The van der Waals surface area contributed by atoms with Crippen LogP contribution in [0.25, 0.3) is 0 Å². The molecule has 1 aromatic heterocycles. The molecule has 1 heterocycles. The van der Waals surface area contributed by atoms with Gasteiger partial charge in [-0.25, -0.2) is 9.97 Å². The van der Waals surface area contributed by atoms with Gasteiger partial charge in [-0.05, 0) is 62.6 Å². The highest BCUT2D eigenvalue weighted by Crippen LogP contribution is 2.26. The highest BCUT2D eigenvalue weighted by Gasteiger charge is 2.14. The number of aryl methyl sites for hydroxylation is 4. The van der Waals surface area contributed by atoms with Crippen molar-refractivity contribution in [2.75, 3.05) is 17.7 Å². The first kappa shape index (κ1) is 19.4. The van der Waals surface area contributed by atoms with E-state index in [1.54, 1.807) is 13.2 Å². The van der Waals surface area contributed by atoms with Crippen LogP contribution >= 0.6 is 0 Å². The fourth-order valence-electron chi connectivity index (χ4n) is 2.97. The zero-order valence-electron chi connectivity index (χ0n) is 16.8. The fraction of sp³-hybridized carbons (Fsp3) is 0.227. The number of rotatable bonds is 5. The summed E-state index contributed by atoms with van der Waals surface area (Å²) in [6.45, 7) is 7.82. The number of aromatic nitrogens is 2. The second kappa shape index (κ2) is 8.08. The molecule has 2 N–H and O–H groups in total. The second-order valence-electron chi connectivity index (χ2n) is 6.77. The molecule has 28 heavy (non-hydrogen) atoms. The van der Waals surface area contributed by atoms with Gasteiger partial charge in [0.05, 0.1) is 12.8 Å². The molecular weight excluding hydrogens is 352 g/mol. The van der Waals surface area contributed by atoms with E-state index in [-0.39, 0.29) is 11.6 Å². The molecule has 3 rings (SSSR count). The lowest BCUT2D eigenvalue weighted by molar-refractivity contribution is 0.102. The molecule has 0 saturated heterocycles. The first-order valence-electron chi connectivity index (χ1n) is 9.02. The van der Waals surface area contributed by atoms with Gasteiger partial charge in [-0.15, -0.1) is 0 Å². The number of nitrogens with zero attached hydrogens (tertiary/aromatic N) is 2. The topological polar surface area (TPSA) is 76.1 Å². The maximum absolute atomic E-state index is 12.8. The van der Waals surface area contributed by atoms with Gasteiger partial charge in [-0.2, -0.15) is 0 Å². The molecule has 6 nitrogen and oxygen atoms in total. The van der Waals surface area contributed by atoms with Crippen molar-refractivity contribution in [3.8, 4) is 5.75 Å². The zero-order chi connectivity index (χ0) is 20.3. The first-order valence-corrected chi connectivity index (χ1v) is 9.02. The number of hydrogen-bond donors (Lipinski definition) is 2. The Kier molecular flexibility index (Phi) is 5.59. The molecule has 0 radical (unpaired) electrons. The summed E-state index contributed by atoms with van der Waals surface area (Å²) in [5.74, 6) is 0.663. The zero-order valence-corrected chi connectivity index (χ0v) is 16.8. The number of amides is 1. The molecule has 0 bridgehead atoms. The van der Waals surface area contributed by atoms with Gasteiger partial charge in [0.15, 0.2) is 0 Å². The van der Waals surface area contributed by atoms with Crippen molar-refractivity contribution in [2.24, 2.45) is 0 Å². The minimum atomic E-state index is -0.320. The molecule has 0 fully saturated rings. The van der Waals surface area contributed by atoms with Crippen LogP contribution in [0.15, 0.2) is 42.5 Å². The molecule has 0 spiro atoms. The van der Waals surface area contributed by atoms with Crippen molar-refractivity contribution in [2.45, 2.75) is 27.7 Å². The predicted molar refractivity (Wildman–Crippen MR) is 112 cm³/mol. The second-order valence-corrected chi connectivity index (χ2v) is 6.77. The van der Waals surface area contributed by atoms with E-state index in [9.17, 15) is 4.79 Å². The lowest BCUT2D eigenvalue weighted by atomic mass is 10.1. The van der Waals surface area contributed by atoms with Gasteiger partial charge in [0.1, 0.15) is 11.4 Å². The fourth-order valence-corrected chi connectivity index (χ4v) is 2.97. The minimum Gasteiger partial charge on any atom is -0.495 e. The van der Waals surface area contributed by atoms with E-state index in [0.29, 0.717) is 23.1 Å².